The van der Waals surface area contributed by atoms with E-state index in [2.05, 4.69) is 5.32 Å². The largest absolute Gasteiger partial charge is 0.495 e. The third kappa shape index (κ3) is 3.86. The minimum absolute atomic E-state index is 0.0760. The smallest absolute Gasteiger partial charge is 0.339 e. The van der Waals surface area contributed by atoms with Crippen molar-refractivity contribution in [1.82, 2.24) is 0 Å². The first-order chi connectivity index (χ1) is 11.2. The minimum Gasteiger partial charge on any atom is -0.495 e. The van der Waals surface area contributed by atoms with E-state index in [4.69, 9.17) is 8.92 Å². The topological polar surface area (TPSA) is 81.7 Å². The maximum Gasteiger partial charge on any atom is 0.339 e. The second-order valence-electron chi connectivity index (χ2n) is 5.28. The van der Waals surface area contributed by atoms with Gasteiger partial charge in [0.15, 0.2) is 0 Å². The summed E-state index contributed by atoms with van der Waals surface area (Å²) in [7, 11) is -2.61. The van der Waals surface area contributed by atoms with E-state index in [1.807, 2.05) is 13.0 Å². The van der Waals surface area contributed by atoms with Gasteiger partial charge in [0.25, 0.3) is 0 Å². The van der Waals surface area contributed by atoms with Crippen LogP contribution in [0.25, 0.3) is 0 Å². The Hall–Kier alpha value is -2.54. The molecule has 7 heteroatoms. The monoisotopic (exact) mass is 349 g/mol. The number of methoxy groups -OCH3 is 1. The van der Waals surface area contributed by atoms with Gasteiger partial charge in [-0.1, -0.05) is 12.1 Å². The van der Waals surface area contributed by atoms with Gasteiger partial charge in [0.1, 0.15) is 16.4 Å². The van der Waals surface area contributed by atoms with Crippen molar-refractivity contribution in [1.29, 1.82) is 0 Å². The van der Waals surface area contributed by atoms with Crippen molar-refractivity contribution in [2.45, 2.75) is 25.7 Å². The number of benzene rings is 2. The van der Waals surface area contributed by atoms with E-state index in [-0.39, 0.29) is 22.2 Å². The van der Waals surface area contributed by atoms with Crippen LogP contribution in [0.2, 0.25) is 0 Å². The van der Waals surface area contributed by atoms with E-state index >= 15 is 0 Å². The fourth-order valence-electron chi connectivity index (χ4n) is 2.11. The molecule has 2 aromatic rings. The van der Waals surface area contributed by atoms with Gasteiger partial charge in [0, 0.05) is 6.92 Å². The van der Waals surface area contributed by atoms with Crippen molar-refractivity contribution in [3.8, 4) is 11.5 Å². The van der Waals surface area contributed by atoms with E-state index in [0.29, 0.717) is 5.75 Å². The normalized spacial score (nSPS) is 11.0. The van der Waals surface area contributed by atoms with Gasteiger partial charge >= 0.3 is 10.1 Å². The molecule has 0 aliphatic heterocycles. The zero-order valence-corrected chi connectivity index (χ0v) is 14.7. The number of carbonyl (C=O) groups is 1. The Bertz CT molecular complexity index is 875. The minimum atomic E-state index is -4.04. The molecular formula is C17H19NO5S. The molecule has 0 saturated carbocycles. The Balaban J connectivity index is 2.42. The summed E-state index contributed by atoms with van der Waals surface area (Å²) in [5.74, 6) is 0.293. The van der Waals surface area contributed by atoms with Crippen molar-refractivity contribution in [2.75, 3.05) is 12.4 Å². The quantitative estimate of drug-likeness (QED) is 0.839. The number of ether oxygens (including phenoxy) is 1. The number of carbonyl (C=O) groups excluding carboxylic acids is 1. The van der Waals surface area contributed by atoms with Gasteiger partial charge in [0.05, 0.1) is 12.8 Å². The first-order valence-electron chi connectivity index (χ1n) is 7.21. The van der Waals surface area contributed by atoms with Gasteiger partial charge in [-0.2, -0.15) is 8.42 Å². The predicted molar refractivity (Wildman–Crippen MR) is 91.0 cm³/mol. The van der Waals surface area contributed by atoms with Crippen LogP contribution in [-0.4, -0.2) is 21.4 Å². The lowest BCUT2D eigenvalue weighted by Crippen LogP contribution is -2.13. The van der Waals surface area contributed by atoms with Crippen LogP contribution in [0.4, 0.5) is 5.69 Å². The Morgan fingerprint density at radius 3 is 2.42 bits per heavy atom. The van der Waals surface area contributed by atoms with Gasteiger partial charge in [-0.25, -0.2) is 0 Å². The van der Waals surface area contributed by atoms with Crippen LogP contribution in [0.15, 0.2) is 41.3 Å². The van der Waals surface area contributed by atoms with Crippen LogP contribution < -0.4 is 14.2 Å². The molecule has 1 amide bonds. The molecular weight excluding hydrogens is 330 g/mol. The third-order valence-electron chi connectivity index (χ3n) is 3.52. The molecule has 0 aliphatic carbocycles. The van der Waals surface area contributed by atoms with Crippen LogP contribution in [0.5, 0.6) is 11.5 Å². The number of aryl methyl sites for hydroxylation is 1. The summed E-state index contributed by atoms with van der Waals surface area (Å²) in [6.45, 7) is 4.99. The zero-order chi connectivity index (χ0) is 17.9. The average molecular weight is 349 g/mol. The number of hydrogen-bond acceptors (Lipinski definition) is 5. The molecule has 2 rings (SSSR count). The third-order valence-corrected chi connectivity index (χ3v) is 4.75. The Morgan fingerprint density at radius 1 is 1.08 bits per heavy atom. The molecule has 0 aliphatic rings. The summed E-state index contributed by atoms with van der Waals surface area (Å²) in [6, 6.07) is 9.33. The van der Waals surface area contributed by atoms with Crippen LogP contribution in [-0.2, 0) is 14.9 Å². The van der Waals surface area contributed by atoms with E-state index in [1.165, 1.54) is 32.2 Å². The number of rotatable bonds is 5. The number of amides is 1. The van der Waals surface area contributed by atoms with Gasteiger partial charge < -0.3 is 14.2 Å². The molecule has 0 radical (unpaired) electrons. The molecule has 0 bridgehead atoms. The first-order valence-corrected chi connectivity index (χ1v) is 8.62. The summed E-state index contributed by atoms with van der Waals surface area (Å²) in [4.78, 5) is 11.2. The predicted octanol–water partition coefficient (Wildman–Crippen LogP) is 3.04. The molecule has 0 spiro atoms. The molecule has 6 nitrogen and oxygen atoms in total. The highest BCUT2D eigenvalue weighted by atomic mass is 32.2. The van der Waals surface area contributed by atoms with Crippen molar-refractivity contribution >= 4 is 21.7 Å². The highest BCUT2D eigenvalue weighted by Crippen LogP contribution is 2.30. The van der Waals surface area contributed by atoms with E-state index in [1.54, 1.807) is 19.1 Å². The molecule has 128 valence electrons. The lowest BCUT2D eigenvalue weighted by atomic mass is 10.1. The molecule has 0 fully saturated rings. The summed E-state index contributed by atoms with van der Waals surface area (Å²) in [5.41, 5.74) is 1.93. The van der Waals surface area contributed by atoms with E-state index in [0.717, 1.165) is 11.1 Å². The second-order valence-corrected chi connectivity index (χ2v) is 6.83. The molecule has 0 heterocycles. The summed E-state index contributed by atoms with van der Waals surface area (Å²) >= 11 is 0. The number of hydrogen-bond donors (Lipinski definition) is 1. The van der Waals surface area contributed by atoms with Crippen molar-refractivity contribution in [2.24, 2.45) is 0 Å². The molecule has 0 saturated heterocycles. The van der Waals surface area contributed by atoms with Gasteiger partial charge in [-0.05, 0) is 49.2 Å². The second kappa shape index (κ2) is 6.92. The molecule has 0 unspecified atom stereocenters. The zero-order valence-electron chi connectivity index (χ0n) is 13.9. The fraction of sp³-hybridized carbons (Fsp3) is 0.235. The van der Waals surface area contributed by atoms with Crippen molar-refractivity contribution in [3.63, 3.8) is 0 Å². The molecule has 2 aromatic carbocycles. The molecule has 0 atom stereocenters. The number of nitrogens with one attached hydrogen (secondary N) is 1. The lowest BCUT2D eigenvalue weighted by molar-refractivity contribution is -0.114. The van der Waals surface area contributed by atoms with E-state index in [9.17, 15) is 13.2 Å². The summed E-state index contributed by atoms with van der Waals surface area (Å²) < 4.78 is 35.4. The molecule has 1 N–H and O–H groups in total. The Morgan fingerprint density at radius 2 is 1.79 bits per heavy atom. The van der Waals surface area contributed by atoms with Crippen LogP contribution in [0.3, 0.4) is 0 Å². The van der Waals surface area contributed by atoms with Crippen LogP contribution >= 0.6 is 0 Å². The highest BCUT2D eigenvalue weighted by molar-refractivity contribution is 7.87. The number of anilines is 1. The average Bonchev–Trinajstić information content (AvgIpc) is 2.51. The lowest BCUT2D eigenvalue weighted by Gasteiger charge is -2.13. The van der Waals surface area contributed by atoms with Gasteiger partial charge in [-0.3, -0.25) is 4.79 Å². The maximum atomic E-state index is 12.5. The molecule has 24 heavy (non-hydrogen) atoms. The van der Waals surface area contributed by atoms with Gasteiger partial charge in [-0.15, -0.1) is 0 Å². The van der Waals surface area contributed by atoms with E-state index < -0.39 is 10.1 Å². The SMILES string of the molecule is COc1ccc(S(=O)(=O)Oc2cccc(C)c2C)cc1NC(C)=O. The van der Waals surface area contributed by atoms with Crippen LogP contribution in [0.1, 0.15) is 18.1 Å². The summed E-state index contributed by atoms with van der Waals surface area (Å²) in [5, 5.41) is 2.54. The van der Waals surface area contributed by atoms with Crippen molar-refractivity contribution < 1.29 is 22.1 Å². The Kier molecular flexibility index (Phi) is 5.14. The standard InChI is InChI=1S/C17H19NO5S/c1-11-6-5-7-16(12(11)2)23-24(20,21)14-8-9-17(22-4)15(10-14)18-13(3)19/h5-10H,1-4H3,(H,18,19). The Labute approximate surface area is 141 Å². The fourth-order valence-corrected chi connectivity index (χ4v) is 3.12. The summed E-state index contributed by atoms with van der Waals surface area (Å²) in [6.07, 6.45) is 0. The molecule has 0 aromatic heterocycles. The van der Waals surface area contributed by atoms with Crippen molar-refractivity contribution in [3.05, 3.63) is 47.5 Å². The highest BCUT2D eigenvalue weighted by Gasteiger charge is 2.20. The van der Waals surface area contributed by atoms with Gasteiger partial charge in [0.2, 0.25) is 5.91 Å². The van der Waals surface area contributed by atoms with Crippen LogP contribution in [0, 0.1) is 13.8 Å². The first kappa shape index (κ1) is 17.8. The maximum absolute atomic E-state index is 12.5.